The zero-order chi connectivity index (χ0) is 14.8. The monoisotopic (exact) mass is 284 g/mol. The van der Waals surface area contributed by atoms with Gasteiger partial charge in [-0.15, -0.1) is 0 Å². The summed E-state index contributed by atoms with van der Waals surface area (Å²) in [7, 11) is 0. The van der Waals surface area contributed by atoms with Gasteiger partial charge in [0.15, 0.2) is 0 Å². The first-order valence-corrected chi connectivity index (χ1v) is 7.81. The summed E-state index contributed by atoms with van der Waals surface area (Å²) in [6.07, 6.45) is 7.60. The van der Waals surface area contributed by atoms with Crippen molar-refractivity contribution in [1.82, 2.24) is 10.6 Å². The van der Waals surface area contributed by atoms with Crippen molar-refractivity contribution in [1.29, 1.82) is 0 Å². The van der Waals surface area contributed by atoms with Crippen molar-refractivity contribution < 1.29 is 14.7 Å². The predicted molar refractivity (Wildman–Crippen MR) is 78.6 cm³/mol. The highest BCUT2D eigenvalue weighted by atomic mass is 16.4. The van der Waals surface area contributed by atoms with E-state index in [-0.39, 0.29) is 12.5 Å². The average Bonchev–Trinajstić information content (AvgIpc) is 2.40. The molecule has 1 saturated carbocycles. The predicted octanol–water partition coefficient (Wildman–Crippen LogP) is 2.76. The van der Waals surface area contributed by atoms with Crippen molar-refractivity contribution >= 4 is 12.0 Å². The average molecular weight is 284 g/mol. The van der Waals surface area contributed by atoms with Gasteiger partial charge in [0.05, 0.1) is 0 Å². The van der Waals surface area contributed by atoms with Crippen molar-refractivity contribution in [2.45, 2.75) is 58.3 Å². The third-order valence-electron chi connectivity index (χ3n) is 3.95. The number of urea groups is 1. The molecule has 0 aromatic carbocycles. The summed E-state index contributed by atoms with van der Waals surface area (Å²) < 4.78 is 0. The van der Waals surface area contributed by atoms with Crippen LogP contribution in [0.2, 0.25) is 0 Å². The van der Waals surface area contributed by atoms with Crippen molar-refractivity contribution in [3.8, 4) is 0 Å². The topological polar surface area (TPSA) is 78.4 Å². The third kappa shape index (κ3) is 8.02. The molecule has 0 heterocycles. The SMILES string of the molecule is CC1CCCC(CNC(=O)NCCCCCC(=O)O)C1. The normalized spacial score (nSPS) is 22.2. The van der Waals surface area contributed by atoms with Gasteiger partial charge < -0.3 is 15.7 Å². The van der Waals surface area contributed by atoms with E-state index in [0.717, 1.165) is 25.3 Å². The number of hydrogen-bond donors (Lipinski definition) is 3. The number of rotatable bonds is 8. The molecule has 5 heteroatoms. The summed E-state index contributed by atoms with van der Waals surface area (Å²) in [6, 6.07) is -0.0959. The fourth-order valence-corrected chi connectivity index (χ4v) is 2.82. The molecule has 116 valence electrons. The zero-order valence-electron chi connectivity index (χ0n) is 12.5. The highest BCUT2D eigenvalue weighted by Gasteiger charge is 2.18. The second-order valence-electron chi connectivity index (χ2n) is 5.98. The van der Waals surface area contributed by atoms with E-state index in [1.54, 1.807) is 0 Å². The molecule has 1 aliphatic carbocycles. The summed E-state index contributed by atoms with van der Waals surface area (Å²) in [5.74, 6) is 0.658. The first-order valence-electron chi connectivity index (χ1n) is 7.81. The minimum atomic E-state index is -0.752. The van der Waals surface area contributed by atoms with Crippen molar-refractivity contribution in [2.75, 3.05) is 13.1 Å². The maximum absolute atomic E-state index is 11.6. The second kappa shape index (κ2) is 9.61. The maximum atomic E-state index is 11.6. The molecule has 0 aromatic rings. The van der Waals surface area contributed by atoms with Gasteiger partial charge in [0, 0.05) is 19.5 Å². The first-order chi connectivity index (χ1) is 9.58. The molecule has 2 atom stereocenters. The van der Waals surface area contributed by atoms with E-state index >= 15 is 0 Å². The van der Waals surface area contributed by atoms with Gasteiger partial charge in [-0.3, -0.25) is 4.79 Å². The number of aliphatic carboxylic acids is 1. The largest absolute Gasteiger partial charge is 0.481 e. The molecule has 0 saturated heterocycles. The van der Waals surface area contributed by atoms with Crippen LogP contribution >= 0.6 is 0 Å². The molecule has 1 rings (SSSR count). The molecule has 1 fully saturated rings. The summed E-state index contributed by atoms with van der Waals surface area (Å²) in [5.41, 5.74) is 0. The molecule has 0 aliphatic heterocycles. The van der Waals surface area contributed by atoms with Gasteiger partial charge in [-0.2, -0.15) is 0 Å². The highest BCUT2D eigenvalue weighted by Crippen LogP contribution is 2.27. The van der Waals surface area contributed by atoms with Crippen molar-refractivity contribution in [2.24, 2.45) is 11.8 Å². The van der Waals surface area contributed by atoms with Gasteiger partial charge in [0.1, 0.15) is 0 Å². The summed E-state index contributed by atoms with van der Waals surface area (Å²) in [5, 5.41) is 14.3. The maximum Gasteiger partial charge on any atom is 0.314 e. The van der Waals surface area contributed by atoms with Crippen LogP contribution in [0.3, 0.4) is 0 Å². The minimum Gasteiger partial charge on any atom is -0.481 e. The number of amides is 2. The summed E-state index contributed by atoms with van der Waals surface area (Å²) in [6.45, 7) is 3.67. The molecule has 2 unspecified atom stereocenters. The Morgan fingerprint density at radius 1 is 1.15 bits per heavy atom. The van der Waals surface area contributed by atoms with Gasteiger partial charge >= 0.3 is 12.0 Å². The molecule has 0 radical (unpaired) electrons. The van der Waals surface area contributed by atoms with E-state index in [2.05, 4.69) is 17.6 Å². The van der Waals surface area contributed by atoms with Crippen LogP contribution in [0.5, 0.6) is 0 Å². The lowest BCUT2D eigenvalue weighted by Crippen LogP contribution is -2.39. The lowest BCUT2D eigenvalue weighted by Gasteiger charge is -2.26. The van der Waals surface area contributed by atoms with Gasteiger partial charge in [0.25, 0.3) is 0 Å². The zero-order valence-corrected chi connectivity index (χ0v) is 12.5. The first kappa shape index (κ1) is 16.8. The Morgan fingerprint density at radius 2 is 1.95 bits per heavy atom. The summed E-state index contributed by atoms with van der Waals surface area (Å²) in [4.78, 5) is 21.9. The molecule has 20 heavy (non-hydrogen) atoms. The van der Waals surface area contributed by atoms with Crippen molar-refractivity contribution in [3.05, 3.63) is 0 Å². The van der Waals surface area contributed by atoms with Gasteiger partial charge in [0.2, 0.25) is 0 Å². The summed E-state index contributed by atoms with van der Waals surface area (Å²) >= 11 is 0. The Morgan fingerprint density at radius 3 is 2.65 bits per heavy atom. The number of carboxylic acid groups (broad SMARTS) is 1. The Balaban J connectivity index is 1.96. The number of unbranched alkanes of at least 4 members (excludes halogenated alkanes) is 2. The van der Waals surface area contributed by atoms with E-state index in [1.165, 1.54) is 25.7 Å². The molecule has 0 aromatic heterocycles. The number of carbonyl (C=O) groups excluding carboxylic acids is 1. The number of nitrogens with one attached hydrogen (secondary N) is 2. The number of carbonyl (C=O) groups is 2. The molecule has 3 N–H and O–H groups in total. The van der Waals surface area contributed by atoms with E-state index in [1.807, 2.05) is 0 Å². The highest BCUT2D eigenvalue weighted by molar-refractivity contribution is 5.73. The van der Waals surface area contributed by atoms with Crippen LogP contribution in [0, 0.1) is 11.8 Å². The van der Waals surface area contributed by atoms with Crippen LogP contribution < -0.4 is 10.6 Å². The molecule has 0 spiro atoms. The van der Waals surface area contributed by atoms with E-state index in [4.69, 9.17) is 5.11 Å². The Bertz CT molecular complexity index is 307. The lowest BCUT2D eigenvalue weighted by molar-refractivity contribution is -0.137. The third-order valence-corrected chi connectivity index (χ3v) is 3.95. The van der Waals surface area contributed by atoms with Crippen molar-refractivity contribution in [3.63, 3.8) is 0 Å². The van der Waals surface area contributed by atoms with Gasteiger partial charge in [-0.1, -0.05) is 26.2 Å². The van der Waals surface area contributed by atoms with Gasteiger partial charge in [-0.25, -0.2) is 4.79 Å². The number of carboxylic acids is 1. The lowest BCUT2D eigenvalue weighted by atomic mass is 9.82. The molecule has 5 nitrogen and oxygen atoms in total. The van der Waals surface area contributed by atoms with E-state index in [0.29, 0.717) is 18.9 Å². The Labute approximate surface area is 121 Å². The minimum absolute atomic E-state index is 0.0959. The standard InChI is InChI=1S/C15H28N2O3/c1-12-6-5-7-13(10-12)11-17-15(20)16-9-4-2-3-8-14(18)19/h12-13H,2-11H2,1H3,(H,18,19)(H2,16,17,20). The van der Waals surface area contributed by atoms with E-state index in [9.17, 15) is 9.59 Å². The molecule has 1 aliphatic rings. The van der Waals surface area contributed by atoms with Crippen LogP contribution in [0.1, 0.15) is 58.3 Å². The Hall–Kier alpha value is -1.26. The fourth-order valence-electron chi connectivity index (χ4n) is 2.82. The van der Waals surface area contributed by atoms with Crippen LogP contribution in [-0.4, -0.2) is 30.2 Å². The second-order valence-corrected chi connectivity index (χ2v) is 5.98. The Kier molecular flexibility index (Phi) is 8.07. The van der Waals surface area contributed by atoms with Crippen LogP contribution in [0.15, 0.2) is 0 Å². The molecule has 0 bridgehead atoms. The molecular formula is C15H28N2O3. The van der Waals surface area contributed by atoms with Crippen LogP contribution in [-0.2, 0) is 4.79 Å². The molecule has 2 amide bonds. The van der Waals surface area contributed by atoms with Gasteiger partial charge in [-0.05, 0) is 37.5 Å². The quantitative estimate of drug-likeness (QED) is 0.600. The fraction of sp³-hybridized carbons (Fsp3) is 0.867. The number of hydrogen-bond acceptors (Lipinski definition) is 2. The van der Waals surface area contributed by atoms with Crippen LogP contribution in [0.25, 0.3) is 0 Å². The van der Waals surface area contributed by atoms with E-state index < -0.39 is 5.97 Å². The molecular weight excluding hydrogens is 256 g/mol. The van der Waals surface area contributed by atoms with Crippen LogP contribution in [0.4, 0.5) is 4.79 Å². The smallest absolute Gasteiger partial charge is 0.314 e.